The van der Waals surface area contributed by atoms with Crippen LogP contribution in [0.3, 0.4) is 0 Å². The molecular formula is C16H27Cl3N4O2. The number of halogens is 3. The van der Waals surface area contributed by atoms with Crippen LogP contribution in [0.25, 0.3) is 0 Å². The molecule has 0 saturated carbocycles. The lowest BCUT2D eigenvalue weighted by atomic mass is 10.1. The van der Waals surface area contributed by atoms with Gasteiger partial charge in [-0.1, -0.05) is 6.07 Å². The van der Waals surface area contributed by atoms with Gasteiger partial charge in [-0.3, -0.25) is 14.7 Å². The molecule has 2 unspecified atom stereocenters. The van der Waals surface area contributed by atoms with E-state index in [1.54, 1.807) is 6.20 Å². The van der Waals surface area contributed by atoms with Crippen LogP contribution in [-0.4, -0.2) is 72.7 Å². The number of ether oxygens (including phenoxy) is 1. The molecule has 9 heteroatoms. The molecule has 2 aliphatic heterocycles. The number of morpholine rings is 1. The van der Waals surface area contributed by atoms with Crippen molar-refractivity contribution in [1.82, 2.24) is 20.1 Å². The molecule has 2 fully saturated rings. The van der Waals surface area contributed by atoms with Crippen LogP contribution >= 0.6 is 37.2 Å². The SMILES string of the molecule is CC(c1cccnc1)N1CCN(C(=O)C2CNCCO2)CC1.Cl.Cl.Cl. The van der Waals surface area contributed by atoms with Gasteiger partial charge in [0.25, 0.3) is 5.91 Å². The molecule has 2 atom stereocenters. The van der Waals surface area contributed by atoms with Crippen LogP contribution in [0.1, 0.15) is 18.5 Å². The van der Waals surface area contributed by atoms with Crippen molar-refractivity contribution in [1.29, 1.82) is 0 Å². The van der Waals surface area contributed by atoms with Gasteiger partial charge in [0, 0.05) is 57.7 Å². The third-order valence-electron chi connectivity index (χ3n) is 4.54. The lowest BCUT2D eigenvalue weighted by Gasteiger charge is -2.39. The normalized spacial score (nSPS) is 22.0. The zero-order chi connectivity index (χ0) is 15.4. The van der Waals surface area contributed by atoms with Gasteiger partial charge in [-0.25, -0.2) is 0 Å². The Bertz CT molecular complexity index is 495. The van der Waals surface area contributed by atoms with Crippen LogP contribution in [0.2, 0.25) is 0 Å². The van der Waals surface area contributed by atoms with Gasteiger partial charge in [-0.15, -0.1) is 37.2 Å². The Labute approximate surface area is 167 Å². The first-order valence-corrected chi connectivity index (χ1v) is 8.01. The zero-order valence-electron chi connectivity index (χ0n) is 14.3. The Kier molecular flexibility index (Phi) is 11.6. The standard InChI is InChI=1S/C16H24N4O2.3ClH/c1-13(14-3-2-4-17-11-14)19-6-8-20(9-7-19)16(21)15-12-18-5-10-22-15;;;/h2-4,11,13,15,18H,5-10,12H2,1H3;3*1H. The first-order valence-electron chi connectivity index (χ1n) is 8.01. The van der Waals surface area contributed by atoms with E-state index in [1.165, 1.54) is 5.56 Å². The number of hydrogen-bond acceptors (Lipinski definition) is 5. The summed E-state index contributed by atoms with van der Waals surface area (Å²) in [4.78, 5) is 21.0. The minimum Gasteiger partial charge on any atom is -0.366 e. The topological polar surface area (TPSA) is 57.7 Å². The summed E-state index contributed by atoms with van der Waals surface area (Å²) in [5, 5.41) is 3.21. The molecule has 1 aromatic heterocycles. The number of hydrogen-bond donors (Lipinski definition) is 1. The van der Waals surface area contributed by atoms with E-state index < -0.39 is 0 Å². The van der Waals surface area contributed by atoms with Crippen LogP contribution in [0.4, 0.5) is 0 Å². The molecule has 0 aromatic carbocycles. The van der Waals surface area contributed by atoms with E-state index in [0.717, 1.165) is 32.7 Å². The molecule has 3 rings (SSSR count). The summed E-state index contributed by atoms with van der Waals surface area (Å²) < 4.78 is 5.56. The second kappa shape index (κ2) is 11.9. The number of carbonyl (C=O) groups is 1. The maximum Gasteiger partial charge on any atom is 0.253 e. The Morgan fingerprint density at radius 3 is 2.56 bits per heavy atom. The predicted octanol–water partition coefficient (Wildman–Crippen LogP) is 1.54. The molecule has 3 heterocycles. The third kappa shape index (κ3) is 6.24. The summed E-state index contributed by atoms with van der Waals surface area (Å²) >= 11 is 0. The van der Waals surface area contributed by atoms with Gasteiger partial charge in [-0.2, -0.15) is 0 Å². The Hall–Kier alpha value is -0.630. The number of carbonyl (C=O) groups excluding carboxylic acids is 1. The van der Waals surface area contributed by atoms with Crippen molar-refractivity contribution >= 4 is 43.1 Å². The highest BCUT2D eigenvalue weighted by Crippen LogP contribution is 2.21. The van der Waals surface area contributed by atoms with Crippen molar-refractivity contribution in [2.45, 2.75) is 19.1 Å². The van der Waals surface area contributed by atoms with E-state index in [9.17, 15) is 4.79 Å². The van der Waals surface area contributed by atoms with Crippen LogP contribution in [-0.2, 0) is 9.53 Å². The molecule has 0 bridgehead atoms. The average molecular weight is 414 g/mol. The predicted molar refractivity (Wildman–Crippen MR) is 105 cm³/mol. The first-order chi connectivity index (χ1) is 10.8. The molecule has 25 heavy (non-hydrogen) atoms. The molecule has 0 radical (unpaired) electrons. The van der Waals surface area contributed by atoms with Gasteiger partial charge in [-0.05, 0) is 18.6 Å². The molecule has 6 nitrogen and oxygen atoms in total. The number of rotatable bonds is 3. The molecule has 1 aromatic rings. The van der Waals surface area contributed by atoms with Crippen molar-refractivity contribution in [3.8, 4) is 0 Å². The molecule has 0 spiro atoms. The van der Waals surface area contributed by atoms with E-state index in [2.05, 4.69) is 28.2 Å². The number of amides is 1. The minimum absolute atomic E-state index is 0. The van der Waals surface area contributed by atoms with Gasteiger partial charge in [0.2, 0.25) is 0 Å². The Balaban J connectivity index is 0.00000192. The molecule has 2 saturated heterocycles. The summed E-state index contributed by atoms with van der Waals surface area (Å²) in [6, 6.07) is 4.41. The van der Waals surface area contributed by atoms with E-state index in [0.29, 0.717) is 19.2 Å². The van der Waals surface area contributed by atoms with Crippen LogP contribution in [0, 0.1) is 0 Å². The van der Waals surface area contributed by atoms with Crippen molar-refractivity contribution < 1.29 is 9.53 Å². The summed E-state index contributed by atoms with van der Waals surface area (Å²) in [5.41, 5.74) is 1.22. The monoisotopic (exact) mass is 412 g/mol. The van der Waals surface area contributed by atoms with Gasteiger partial charge in [0.15, 0.2) is 0 Å². The highest BCUT2D eigenvalue weighted by molar-refractivity contribution is 5.86. The first kappa shape index (κ1) is 24.4. The lowest BCUT2D eigenvalue weighted by molar-refractivity contribution is -0.147. The molecule has 1 N–H and O–H groups in total. The van der Waals surface area contributed by atoms with Crippen molar-refractivity contribution in [2.75, 3.05) is 45.9 Å². The van der Waals surface area contributed by atoms with Crippen molar-refractivity contribution in [3.05, 3.63) is 30.1 Å². The van der Waals surface area contributed by atoms with E-state index in [-0.39, 0.29) is 49.2 Å². The maximum atomic E-state index is 12.4. The van der Waals surface area contributed by atoms with Gasteiger partial charge in [0.05, 0.1) is 6.61 Å². The fourth-order valence-corrected chi connectivity index (χ4v) is 3.09. The van der Waals surface area contributed by atoms with E-state index in [4.69, 9.17) is 4.74 Å². The smallest absolute Gasteiger partial charge is 0.253 e. The highest BCUT2D eigenvalue weighted by Gasteiger charge is 2.30. The molecule has 2 aliphatic rings. The summed E-state index contributed by atoms with van der Waals surface area (Å²) in [6.45, 7) is 7.60. The molecule has 0 aliphatic carbocycles. The highest BCUT2D eigenvalue weighted by atomic mass is 35.5. The minimum atomic E-state index is -0.309. The maximum absolute atomic E-state index is 12.4. The second-order valence-corrected chi connectivity index (χ2v) is 5.89. The van der Waals surface area contributed by atoms with E-state index >= 15 is 0 Å². The Morgan fingerprint density at radius 2 is 2.00 bits per heavy atom. The number of aromatic nitrogens is 1. The Morgan fingerprint density at radius 1 is 1.28 bits per heavy atom. The van der Waals surface area contributed by atoms with Crippen molar-refractivity contribution in [3.63, 3.8) is 0 Å². The zero-order valence-corrected chi connectivity index (χ0v) is 16.7. The molecular weight excluding hydrogens is 387 g/mol. The number of pyridine rings is 1. The summed E-state index contributed by atoms with van der Waals surface area (Å²) in [5.74, 6) is 0.126. The van der Waals surface area contributed by atoms with Gasteiger partial charge < -0.3 is 15.0 Å². The van der Waals surface area contributed by atoms with Gasteiger partial charge in [0.1, 0.15) is 6.10 Å². The largest absolute Gasteiger partial charge is 0.366 e. The van der Waals surface area contributed by atoms with Gasteiger partial charge >= 0.3 is 0 Å². The number of piperazine rings is 1. The fraction of sp³-hybridized carbons (Fsp3) is 0.625. The van der Waals surface area contributed by atoms with Crippen LogP contribution in [0.15, 0.2) is 24.5 Å². The fourth-order valence-electron chi connectivity index (χ4n) is 3.09. The van der Waals surface area contributed by atoms with Crippen LogP contribution in [0.5, 0.6) is 0 Å². The van der Waals surface area contributed by atoms with E-state index in [1.807, 2.05) is 17.2 Å². The number of nitrogens with zero attached hydrogens (tertiary/aromatic N) is 3. The van der Waals surface area contributed by atoms with Crippen molar-refractivity contribution in [2.24, 2.45) is 0 Å². The second-order valence-electron chi connectivity index (χ2n) is 5.89. The summed E-state index contributed by atoms with van der Waals surface area (Å²) in [6.07, 6.45) is 3.41. The molecule has 1 amide bonds. The summed E-state index contributed by atoms with van der Waals surface area (Å²) in [7, 11) is 0. The lowest BCUT2D eigenvalue weighted by Crippen LogP contribution is -2.55. The number of nitrogens with one attached hydrogen (secondary N) is 1. The molecule has 144 valence electrons. The quantitative estimate of drug-likeness (QED) is 0.814. The average Bonchev–Trinajstić information content (AvgIpc) is 2.62. The third-order valence-corrected chi connectivity index (χ3v) is 4.54. The van der Waals surface area contributed by atoms with Crippen LogP contribution < -0.4 is 5.32 Å².